The van der Waals surface area contributed by atoms with E-state index in [1.165, 1.54) is 0 Å². The van der Waals surface area contributed by atoms with Crippen molar-refractivity contribution in [1.82, 2.24) is 9.47 Å². The third-order valence-electron chi connectivity index (χ3n) is 6.97. The molecule has 0 saturated carbocycles. The molecule has 1 aliphatic rings. The van der Waals surface area contributed by atoms with Crippen LogP contribution in [0, 0.1) is 6.92 Å². The monoisotopic (exact) mass is 474 g/mol. The van der Waals surface area contributed by atoms with E-state index in [0.29, 0.717) is 12.1 Å². The molecular formula is C29H34N2O4. The van der Waals surface area contributed by atoms with Gasteiger partial charge in [0.05, 0.1) is 18.7 Å². The summed E-state index contributed by atoms with van der Waals surface area (Å²) in [7, 11) is 3.58. The molecule has 6 heteroatoms. The number of aliphatic hydroxyl groups is 1. The van der Waals surface area contributed by atoms with Gasteiger partial charge in [0.2, 0.25) is 0 Å². The molecule has 0 spiro atoms. The summed E-state index contributed by atoms with van der Waals surface area (Å²) < 4.78 is 7.56. The van der Waals surface area contributed by atoms with Crippen LogP contribution in [0.3, 0.4) is 0 Å². The van der Waals surface area contributed by atoms with E-state index in [9.17, 15) is 14.7 Å². The van der Waals surface area contributed by atoms with E-state index in [4.69, 9.17) is 4.74 Å². The van der Waals surface area contributed by atoms with Gasteiger partial charge in [0.1, 0.15) is 11.5 Å². The molecule has 184 valence electrons. The number of methoxy groups -OCH3 is 1. The molecule has 2 aromatic carbocycles. The van der Waals surface area contributed by atoms with Gasteiger partial charge in [-0.15, -0.1) is 0 Å². The molecule has 2 heterocycles. The smallest absolute Gasteiger partial charge is 0.295 e. The summed E-state index contributed by atoms with van der Waals surface area (Å²) in [5.41, 5.74) is 4.25. The Morgan fingerprint density at radius 3 is 2.54 bits per heavy atom. The number of ether oxygens (including phenoxy) is 1. The number of benzene rings is 2. The number of likely N-dealkylation sites (tertiary alicyclic amines) is 1. The lowest BCUT2D eigenvalue weighted by Crippen LogP contribution is -2.30. The second-order valence-electron chi connectivity index (χ2n) is 9.62. The highest BCUT2D eigenvalue weighted by atomic mass is 16.5. The number of ketones is 1. The first-order valence-electron chi connectivity index (χ1n) is 12.2. The van der Waals surface area contributed by atoms with Crippen molar-refractivity contribution in [1.29, 1.82) is 0 Å². The minimum Gasteiger partial charge on any atom is -0.507 e. The molecular weight excluding hydrogens is 440 g/mol. The number of para-hydroxylation sites is 1. The quantitative estimate of drug-likeness (QED) is 0.265. The summed E-state index contributed by atoms with van der Waals surface area (Å²) in [4.78, 5) is 28.3. The van der Waals surface area contributed by atoms with Gasteiger partial charge in [0.15, 0.2) is 0 Å². The average molecular weight is 475 g/mol. The van der Waals surface area contributed by atoms with Gasteiger partial charge in [-0.2, -0.15) is 0 Å². The summed E-state index contributed by atoms with van der Waals surface area (Å²) in [6.45, 7) is 8.48. The zero-order valence-electron chi connectivity index (χ0n) is 21.4. The minimum absolute atomic E-state index is 0.137. The number of fused-ring (bicyclic) bond motifs is 1. The number of carbonyl (C=O) groups excluding carboxylic acids is 2. The van der Waals surface area contributed by atoms with E-state index in [0.717, 1.165) is 46.2 Å². The lowest BCUT2D eigenvalue weighted by molar-refractivity contribution is -0.139. The molecule has 0 radical (unpaired) electrons. The van der Waals surface area contributed by atoms with Crippen molar-refractivity contribution in [3.8, 4) is 5.75 Å². The summed E-state index contributed by atoms with van der Waals surface area (Å²) in [6, 6.07) is 11.0. The molecule has 0 bridgehead atoms. The Labute approximate surface area is 206 Å². The third-order valence-corrected chi connectivity index (χ3v) is 6.97. The van der Waals surface area contributed by atoms with Crippen molar-refractivity contribution in [2.75, 3.05) is 13.7 Å². The standard InChI is InChI=1S/C29H34N2O4/c1-7-8-13-31-26(22-16-30(5)23-12-10-9-11-19(22)23)25(28(33)29(31)34)27(32)21-15-20(17(2)3)24(35-6)14-18(21)4/h9-12,14-17,26,32H,7-8,13H2,1-6H3/b27-25+. The predicted octanol–water partition coefficient (Wildman–Crippen LogP) is 5.84. The Bertz CT molecular complexity index is 1330. The molecule has 1 atom stereocenters. The number of Topliss-reactive ketones (excluding diaryl/α,β-unsaturated/α-hetero) is 1. The maximum absolute atomic E-state index is 13.4. The minimum atomic E-state index is -0.656. The number of hydrogen-bond acceptors (Lipinski definition) is 4. The van der Waals surface area contributed by atoms with Crippen LogP contribution in [0.5, 0.6) is 5.75 Å². The fraction of sp³-hybridized carbons (Fsp3) is 0.379. The summed E-state index contributed by atoms with van der Waals surface area (Å²) in [6.07, 6.45) is 3.63. The Hall–Kier alpha value is -3.54. The van der Waals surface area contributed by atoms with E-state index >= 15 is 0 Å². The molecule has 35 heavy (non-hydrogen) atoms. The van der Waals surface area contributed by atoms with Crippen LogP contribution in [-0.4, -0.2) is 39.9 Å². The molecule has 1 amide bonds. The lowest BCUT2D eigenvalue weighted by Gasteiger charge is -2.25. The van der Waals surface area contributed by atoms with Crippen LogP contribution in [0.2, 0.25) is 0 Å². The van der Waals surface area contributed by atoms with Crippen molar-refractivity contribution in [2.45, 2.75) is 52.5 Å². The van der Waals surface area contributed by atoms with Crippen LogP contribution in [0.1, 0.15) is 67.8 Å². The maximum atomic E-state index is 13.4. The molecule has 3 aromatic rings. The number of carbonyl (C=O) groups is 2. The summed E-state index contributed by atoms with van der Waals surface area (Å²) in [5, 5.41) is 12.6. The maximum Gasteiger partial charge on any atom is 0.295 e. The van der Waals surface area contributed by atoms with E-state index in [-0.39, 0.29) is 17.3 Å². The van der Waals surface area contributed by atoms with E-state index in [1.807, 2.05) is 61.1 Å². The molecule has 4 rings (SSSR count). The Morgan fingerprint density at radius 1 is 1.17 bits per heavy atom. The van der Waals surface area contributed by atoms with Crippen LogP contribution in [0.15, 0.2) is 48.2 Å². The average Bonchev–Trinajstić information content (AvgIpc) is 3.30. The highest BCUT2D eigenvalue weighted by Crippen LogP contribution is 2.43. The van der Waals surface area contributed by atoms with Crippen LogP contribution in [0.4, 0.5) is 0 Å². The number of aryl methyl sites for hydroxylation is 2. The largest absolute Gasteiger partial charge is 0.507 e. The first-order valence-corrected chi connectivity index (χ1v) is 12.2. The molecule has 1 aliphatic heterocycles. The number of nitrogens with zero attached hydrogens (tertiary/aromatic N) is 2. The van der Waals surface area contributed by atoms with Gasteiger partial charge in [0, 0.05) is 41.8 Å². The Kier molecular flexibility index (Phi) is 6.75. The Balaban J connectivity index is 1.99. The van der Waals surface area contributed by atoms with Gasteiger partial charge in [-0.3, -0.25) is 9.59 Å². The molecule has 6 nitrogen and oxygen atoms in total. The lowest BCUT2D eigenvalue weighted by atomic mass is 9.91. The highest BCUT2D eigenvalue weighted by Gasteiger charge is 2.46. The molecule has 1 unspecified atom stereocenters. The first kappa shape index (κ1) is 24.6. The van der Waals surface area contributed by atoms with Gasteiger partial charge < -0.3 is 19.3 Å². The number of aromatic nitrogens is 1. The number of rotatable bonds is 7. The van der Waals surface area contributed by atoms with Crippen LogP contribution in [0.25, 0.3) is 16.7 Å². The highest BCUT2D eigenvalue weighted by molar-refractivity contribution is 6.46. The normalized spacial score (nSPS) is 17.7. The van der Waals surface area contributed by atoms with E-state index < -0.39 is 17.7 Å². The molecule has 1 saturated heterocycles. The number of unbranched alkanes of at least 4 members (excludes halogenated alkanes) is 1. The van der Waals surface area contributed by atoms with Crippen molar-refractivity contribution in [3.63, 3.8) is 0 Å². The zero-order chi connectivity index (χ0) is 25.4. The molecule has 1 N–H and O–H groups in total. The molecule has 0 aliphatic carbocycles. The number of hydrogen-bond donors (Lipinski definition) is 1. The SMILES string of the molecule is CCCCN1C(=O)C(=O)/C(=C(/O)c2cc(C(C)C)c(OC)cc2C)C1c1cn(C)c2ccccc12. The number of amides is 1. The van der Waals surface area contributed by atoms with Gasteiger partial charge in [-0.25, -0.2) is 0 Å². The van der Waals surface area contributed by atoms with E-state index in [2.05, 4.69) is 20.8 Å². The van der Waals surface area contributed by atoms with Crippen molar-refractivity contribution in [2.24, 2.45) is 7.05 Å². The second-order valence-corrected chi connectivity index (χ2v) is 9.62. The van der Waals surface area contributed by atoms with Crippen molar-refractivity contribution >= 4 is 28.4 Å². The predicted molar refractivity (Wildman–Crippen MR) is 139 cm³/mol. The zero-order valence-corrected chi connectivity index (χ0v) is 21.4. The van der Waals surface area contributed by atoms with Crippen LogP contribution >= 0.6 is 0 Å². The second kappa shape index (κ2) is 9.61. The third kappa shape index (κ3) is 4.11. The van der Waals surface area contributed by atoms with Gasteiger partial charge >= 0.3 is 0 Å². The number of aliphatic hydroxyl groups excluding tert-OH is 1. The van der Waals surface area contributed by atoms with Gasteiger partial charge in [-0.1, -0.05) is 45.4 Å². The fourth-order valence-corrected chi connectivity index (χ4v) is 5.08. The molecule has 1 aromatic heterocycles. The van der Waals surface area contributed by atoms with Crippen LogP contribution < -0.4 is 4.74 Å². The van der Waals surface area contributed by atoms with Gasteiger partial charge in [-0.05, 0) is 48.6 Å². The van der Waals surface area contributed by atoms with E-state index in [1.54, 1.807) is 12.0 Å². The van der Waals surface area contributed by atoms with Crippen LogP contribution in [-0.2, 0) is 16.6 Å². The molecule has 1 fully saturated rings. The van der Waals surface area contributed by atoms with Crippen molar-refractivity contribution in [3.05, 3.63) is 70.4 Å². The van der Waals surface area contributed by atoms with Gasteiger partial charge in [0.25, 0.3) is 11.7 Å². The summed E-state index contributed by atoms with van der Waals surface area (Å²) >= 11 is 0. The summed E-state index contributed by atoms with van der Waals surface area (Å²) in [5.74, 6) is -0.450. The topological polar surface area (TPSA) is 71.8 Å². The first-order chi connectivity index (χ1) is 16.7. The van der Waals surface area contributed by atoms with Crippen molar-refractivity contribution < 1.29 is 19.4 Å². The Morgan fingerprint density at radius 2 is 1.89 bits per heavy atom. The fourth-order valence-electron chi connectivity index (χ4n) is 5.08.